The van der Waals surface area contributed by atoms with E-state index in [0.717, 1.165) is 0 Å². The Morgan fingerprint density at radius 2 is 2.05 bits per heavy atom. The fraction of sp³-hybridized carbons (Fsp3) is 0.308. The van der Waals surface area contributed by atoms with Gasteiger partial charge in [-0.05, 0) is 30.5 Å². The Balaban J connectivity index is 2.55. The molecule has 2 aromatic rings. The van der Waals surface area contributed by atoms with Gasteiger partial charge in [0, 0.05) is 0 Å². The molecule has 7 heteroatoms. The number of carbonyl (C=O) groups is 1. The maximum atomic E-state index is 11.2. The summed E-state index contributed by atoms with van der Waals surface area (Å²) >= 11 is 11.9. The van der Waals surface area contributed by atoms with Gasteiger partial charge in [0.05, 0.1) is 21.4 Å². The van der Waals surface area contributed by atoms with Crippen molar-refractivity contribution in [3.63, 3.8) is 0 Å². The highest BCUT2D eigenvalue weighted by molar-refractivity contribution is 6.42. The first-order valence-electron chi connectivity index (χ1n) is 6.03. The van der Waals surface area contributed by atoms with Crippen molar-refractivity contribution < 1.29 is 9.90 Å². The standard InChI is InChI=1S/C13H13Cl2N3O2/c1-7(2)5-11-12(13(19)20)16-17-18(11)8-3-4-9(14)10(15)6-8/h3-4,6-7H,5H2,1-2H3,(H,19,20). The molecule has 1 aromatic carbocycles. The largest absolute Gasteiger partial charge is 0.476 e. The molecule has 1 aromatic heterocycles. The van der Waals surface area contributed by atoms with E-state index in [1.165, 1.54) is 4.68 Å². The fourth-order valence-electron chi connectivity index (χ4n) is 1.86. The number of hydrogen-bond donors (Lipinski definition) is 1. The van der Waals surface area contributed by atoms with Crippen molar-refractivity contribution in [3.8, 4) is 5.69 Å². The van der Waals surface area contributed by atoms with Gasteiger partial charge >= 0.3 is 5.97 Å². The second-order valence-electron chi connectivity index (χ2n) is 4.80. The van der Waals surface area contributed by atoms with Gasteiger partial charge in [0.15, 0.2) is 5.69 Å². The van der Waals surface area contributed by atoms with Crippen LogP contribution in [0.5, 0.6) is 0 Å². The van der Waals surface area contributed by atoms with E-state index < -0.39 is 5.97 Å². The monoisotopic (exact) mass is 313 g/mol. The van der Waals surface area contributed by atoms with E-state index >= 15 is 0 Å². The first-order valence-corrected chi connectivity index (χ1v) is 6.79. The summed E-state index contributed by atoms with van der Waals surface area (Å²) in [7, 11) is 0. The Hall–Kier alpha value is -1.59. The van der Waals surface area contributed by atoms with E-state index in [1.807, 2.05) is 13.8 Å². The van der Waals surface area contributed by atoms with E-state index in [9.17, 15) is 9.90 Å². The van der Waals surface area contributed by atoms with Gasteiger partial charge in [0.2, 0.25) is 0 Å². The third-order valence-electron chi connectivity index (χ3n) is 2.72. The zero-order chi connectivity index (χ0) is 14.9. The Bertz CT molecular complexity index is 653. The van der Waals surface area contributed by atoms with Crippen LogP contribution < -0.4 is 0 Å². The highest BCUT2D eigenvalue weighted by Gasteiger charge is 2.20. The lowest BCUT2D eigenvalue weighted by Crippen LogP contribution is -2.09. The molecule has 20 heavy (non-hydrogen) atoms. The first kappa shape index (κ1) is 14.8. The molecule has 0 saturated carbocycles. The van der Waals surface area contributed by atoms with Crippen LogP contribution in [0.3, 0.4) is 0 Å². The highest BCUT2D eigenvalue weighted by Crippen LogP contribution is 2.25. The number of rotatable bonds is 4. The van der Waals surface area contributed by atoms with Crippen molar-refractivity contribution in [2.24, 2.45) is 5.92 Å². The summed E-state index contributed by atoms with van der Waals surface area (Å²) < 4.78 is 1.49. The summed E-state index contributed by atoms with van der Waals surface area (Å²) in [6, 6.07) is 4.99. The normalized spacial score (nSPS) is 11.1. The number of aromatic nitrogens is 3. The van der Waals surface area contributed by atoms with Crippen LogP contribution in [-0.4, -0.2) is 26.1 Å². The molecule has 0 fully saturated rings. The lowest BCUT2D eigenvalue weighted by atomic mass is 10.1. The SMILES string of the molecule is CC(C)Cc1c(C(=O)O)nnn1-c1ccc(Cl)c(Cl)c1. The molecule has 0 bridgehead atoms. The molecule has 0 spiro atoms. The van der Waals surface area contributed by atoms with E-state index in [1.54, 1.807) is 18.2 Å². The molecule has 106 valence electrons. The maximum Gasteiger partial charge on any atom is 0.358 e. The Labute approximate surface area is 126 Å². The van der Waals surface area contributed by atoms with E-state index in [-0.39, 0.29) is 11.6 Å². The van der Waals surface area contributed by atoms with Gasteiger partial charge < -0.3 is 5.11 Å². The minimum absolute atomic E-state index is 0.0372. The maximum absolute atomic E-state index is 11.2. The van der Waals surface area contributed by atoms with Crippen LogP contribution in [0.25, 0.3) is 5.69 Å². The molecule has 0 aliphatic carbocycles. The van der Waals surface area contributed by atoms with Crippen LogP contribution in [-0.2, 0) is 6.42 Å². The summed E-state index contributed by atoms with van der Waals surface area (Å²) in [4.78, 5) is 11.2. The van der Waals surface area contributed by atoms with Gasteiger partial charge in [-0.25, -0.2) is 9.48 Å². The van der Waals surface area contributed by atoms with Gasteiger partial charge in [-0.3, -0.25) is 0 Å². The fourth-order valence-corrected chi connectivity index (χ4v) is 2.15. The molecule has 2 rings (SSSR count). The summed E-state index contributed by atoms with van der Waals surface area (Å²) in [6.07, 6.45) is 0.550. The van der Waals surface area contributed by atoms with Gasteiger partial charge in [-0.15, -0.1) is 5.10 Å². The lowest BCUT2D eigenvalue weighted by molar-refractivity contribution is 0.0689. The van der Waals surface area contributed by atoms with Crippen molar-refractivity contribution in [2.45, 2.75) is 20.3 Å². The molecule has 0 aliphatic heterocycles. The second kappa shape index (κ2) is 5.81. The number of halogens is 2. The summed E-state index contributed by atoms with van der Waals surface area (Å²) in [5, 5.41) is 17.6. The molecule has 1 N–H and O–H groups in total. The molecular formula is C13H13Cl2N3O2. The summed E-state index contributed by atoms with van der Waals surface area (Å²) in [6.45, 7) is 4.00. The average Bonchev–Trinajstić information content (AvgIpc) is 2.75. The predicted molar refractivity (Wildman–Crippen MR) is 76.9 cm³/mol. The van der Waals surface area contributed by atoms with E-state index in [4.69, 9.17) is 23.2 Å². The number of hydrogen-bond acceptors (Lipinski definition) is 3. The Morgan fingerprint density at radius 1 is 1.35 bits per heavy atom. The molecule has 0 amide bonds. The van der Waals surface area contributed by atoms with Crippen LogP contribution >= 0.6 is 23.2 Å². The molecule has 0 aliphatic rings. The minimum atomic E-state index is -1.09. The van der Waals surface area contributed by atoms with Gasteiger partial charge in [-0.2, -0.15) is 0 Å². The zero-order valence-corrected chi connectivity index (χ0v) is 12.5. The molecule has 0 radical (unpaired) electrons. The Morgan fingerprint density at radius 3 is 2.60 bits per heavy atom. The molecular weight excluding hydrogens is 301 g/mol. The minimum Gasteiger partial charge on any atom is -0.476 e. The van der Waals surface area contributed by atoms with Crippen molar-refractivity contribution in [1.82, 2.24) is 15.0 Å². The zero-order valence-electron chi connectivity index (χ0n) is 11.0. The second-order valence-corrected chi connectivity index (χ2v) is 5.61. The van der Waals surface area contributed by atoms with Crippen molar-refractivity contribution in [1.29, 1.82) is 0 Å². The number of carboxylic acids is 1. The third kappa shape index (κ3) is 2.94. The molecule has 0 saturated heterocycles. The van der Waals surface area contributed by atoms with E-state index in [0.29, 0.717) is 27.8 Å². The van der Waals surface area contributed by atoms with E-state index in [2.05, 4.69) is 10.3 Å². The topological polar surface area (TPSA) is 68.0 Å². The molecule has 1 heterocycles. The van der Waals surface area contributed by atoms with Crippen LogP contribution in [0.1, 0.15) is 30.0 Å². The number of aromatic carboxylic acids is 1. The average molecular weight is 314 g/mol. The van der Waals surface area contributed by atoms with Crippen LogP contribution in [0.4, 0.5) is 0 Å². The molecule has 5 nitrogen and oxygen atoms in total. The predicted octanol–water partition coefficient (Wildman–Crippen LogP) is 3.47. The first-order chi connectivity index (χ1) is 9.40. The highest BCUT2D eigenvalue weighted by atomic mass is 35.5. The molecule has 0 unspecified atom stereocenters. The van der Waals surface area contributed by atoms with Crippen LogP contribution in [0.2, 0.25) is 10.0 Å². The van der Waals surface area contributed by atoms with Gasteiger partial charge in [0.25, 0.3) is 0 Å². The van der Waals surface area contributed by atoms with Gasteiger partial charge in [0.1, 0.15) is 0 Å². The van der Waals surface area contributed by atoms with Crippen LogP contribution in [0.15, 0.2) is 18.2 Å². The summed E-state index contributed by atoms with van der Waals surface area (Å²) in [5.41, 5.74) is 1.14. The number of benzene rings is 1. The quantitative estimate of drug-likeness (QED) is 0.938. The Kier molecular flexibility index (Phi) is 4.30. The number of carboxylic acid groups (broad SMARTS) is 1. The number of nitrogens with zero attached hydrogens (tertiary/aromatic N) is 3. The lowest BCUT2D eigenvalue weighted by Gasteiger charge is -2.09. The van der Waals surface area contributed by atoms with Crippen molar-refractivity contribution in [3.05, 3.63) is 39.6 Å². The van der Waals surface area contributed by atoms with Crippen LogP contribution in [0, 0.1) is 5.92 Å². The molecule has 0 atom stereocenters. The summed E-state index contributed by atoms with van der Waals surface area (Å²) in [5.74, 6) is -0.819. The smallest absolute Gasteiger partial charge is 0.358 e. The van der Waals surface area contributed by atoms with Crippen molar-refractivity contribution in [2.75, 3.05) is 0 Å². The van der Waals surface area contributed by atoms with Crippen molar-refractivity contribution >= 4 is 29.2 Å². The van der Waals surface area contributed by atoms with Gasteiger partial charge in [-0.1, -0.05) is 42.3 Å². The third-order valence-corrected chi connectivity index (χ3v) is 3.45.